The number of halogens is 2. The molecule has 8 heteroatoms. The Morgan fingerprint density at radius 3 is 2.50 bits per heavy atom. The Labute approximate surface area is 195 Å². The van der Waals surface area contributed by atoms with E-state index in [0.29, 0.717) is 22.1 Å². The Morgan fingerprint density at radius 2 is 1.78 bits per heavy atom. The van der Waals surface area contributed by atoms with Crippen molar-refractivity contribution >= 4 is 41.3 Å². The van der Waals surface area contributed by atoms with Crippen LogP contribution < -0.4 is 14.9 Å². The molecule has 0 aromatic heterocycles. The topological polar surface area (TPSA) is 77.0 Å². The van der Waals surface area contributed by atoms with E-state index in [1.807, 2.05) is 32.0 Å². The van der Waals surface area contributed by atoms with Gasteiger partial charge in [0.1, 0.15) is 11.5 Å². The van der Waals surface area contributed by atoms with Crippen molar-refractivity contribution < 1.29 is 19.1 Å². The molecule has 3 aromatic rings. The van der Waals surface area contributed by atoms with Gasteiger partial charge in [0.2, 0.25) is 0 Å². The first-order valence-corrected chi connectivity index (χ1v) is 10.4. The number of nitrogens with zero attached hydrogens (tertiary/aromatic N) is 1. The first-order chi connectivity index (χ1) is 15.3. The van der Waals surface area contributed by atoms with Gasteiger partial charge in [-0.15, -0.1) is 0 Å². The lowest BCUT2D eigenvalue weighted by molar-refractivity contribution is -0.123. The second kappa shape index (κ2) is 10.8. The predicted octanol–water partition coefficient (Wildman–Crippen LogP) is 5.36. The summed E-state index contributed by atoms with van der Waals surface area (Å²) in [6, 6.07) is 16.8. The van der Waals surface area contributed by atoms with Crippen LogP contribution in [-0.4, -0.2) is 24.7 Å². The van der Waals surface area contributed by atoms with Gasteiger partial charge in [-0.2, -0.15) is 5.10 Å². The molecule has 0 saturated heterocycles. The van der Waals surface area contributed by atoms with Crippen molar-refractivity contribution in [1.29, 1.82) is 0 Å². The summed E-state index contributed by atoms with van der Waals surface area (Å²) >= 11 is 11.9. The number of esters is 1. The monoisotopic (exact) mass is 470 g/mol. The number of hydrogen-bond acceptors (Lipinski definition) is 5. The largest absolute Gasteiger partial charge is 0.483 e. The number of rotatable bonds is 7. The van der Waals surface area contributed by atoms with Crippen molar-refractivity contribution in [2.45, 2.75) is 13.8 Å². The zero-order valence-corrected chi connectivity index (χ0v) is 18.9. The minimum Gasteiger partial charge on any atom is -0.483 e. The maximum atomic E-state index is 12.2. The summed E-state index contributed by atoms with van der Waals surface area (Å²) in [5, 5.41) is 4.55. The summed E-state index contributed by atoms with van der Waals surface area (Å²) in [6.45, 7) is 3.76. The molecule has 0 aliphatic heterocycles. The van der Waals surface area contributed by atoms with E-state index in [1.165, 1.54) is 18.3 Å². The van der Waals surface area contributed by atoms with Crippen LogP contribution in [0.15, 0.2) is 65.8 Å². The third-order valence-corrected chi connectivity index (χ3v) is 5.11. The van der Waals surface area contributed by atoms with Gasteiger partial charge in [-0.1, -0.05) is 35.3 Å². The fourth-order valence-corrected chi connectivity index (χ4v) is 3.16. The lowest BCUT2D eigenvalue weighted by atomic mass is 10.1. The van der Waals surface area contributed by atoms with Crippen LogP contribution in [0.1, 0.15) is 27.0 Å². The smallest absolute Gasteiger partial charge is 0.345 e. The van der Waals surface area contributed by atoms with Crippen molar-refractivity contribution in [3.05, 3.63) is 93.0 Å². The molecule has 164 valence electrons. The van der Waals surface area contributed by atoms with E-state index in [-0.39, 0.29) is 23.1 Å². The van der Waals surface area contributed by atoms with Gasteiger partial charge < -0.3 is 9.47 Å². The van der Waals surface area contributed by atoms with Crippen LogP contribution in [0.2, 0.25) is 10.0 Å². The van der Waals surface area contributed by atoms with Crippen LogP contribution in [0.5, 0.6) is 11.5 Å². The van der Waals surface area contributed by atoms with E-state index in [4.69, 9.17) is 32.7 Å². The maximum Gasteiger partial charge on any atom is 0.345 e. The van der Waals surface area contributed by atoms with Crippen molar-refractivity contribution in [2.75, 3.05) is 6.61 Å². The van der Waals surface area contributed by atoms with Gasteiger partial charge in [0.25, 0.3) is 5.91 Å². The van der Waals surface area contributed by atoms with Crippen LogP contribution >= 0.6 is 23.2 Å². The average molecular weight is 471 g/mol. The fraction of sp³-hybridized carbons (Fsp3) is 0.125. The minimum absolute atomic E-state index is 0.149. The number of amides is 1. The molecule has 3 rings (SSSR count). The molecule has 0 atom stereocenters. The zero-order valence-electron chi connectivity index (χ0n) is 17.4. The van der Waals surface area contributed by atoms with Gasteiger partial charge in [0.05, 0.1) is 16.8 Å². The van der Waals surface area contributed by atoms with Gasteiger partial charge in [-0.3, -0.25) is 4.79 Å². The second-order valence-corrected chi connectivity index (χ2v) is 7.71. The zero-order chi connectivity index (χ0) is 23.1. The average Bonchev–Trinajstić information content (AvgIpc) is 2.76. The number of benzene rings is 3. The maximum absolute atomic E-state index is 12.2. The molecule has 0 aliphatic rings. The molecule has 1 amide bonds. The van der Waals surface area contributed by atoms with E-state index < -0.39 is 5.97 Å². The summed E-state index contributed by atoms with van der Waals surface area (Å²) < 4.78 is 10.8. The van der Waals surface area contributed by atoms with E-state index in [0.717, 1.165) is 11.1 Å². The predicted molar refractivity (Wildman–Crippen MR) is 125 cm³/mol. The van der Waals surface area contributed by atoms with Crippen LogP contribution in [0, 0.1) is 13.8 Å². The number of carbonyl (C=O) groups excluding carboxylic acids is 2. The summed E-state index contributed by atoms with van der Waals surface area (Å²) in [4.78, 5) is 24.2. The van der Waals surface area contributed by atoms with Crippen LogP contribution in [0.25, 0.3) is 0 Å². The molecular weight excluding hydrogens is 451 g/mol. The van der Waals surface area contributed by atoms with Crippen LogP contribution in [0.4, 0.5) is 0 Å². The normalized spacial score (nSPS) is 10.8. The molecule has 6 nitrogen and oxygen atoms in total. The number of nitrogens with one attached hydrogen (secondary N) is 1. The molecule has 32 heavy (non-hydrogen) atoms. The van der Waals surface area contributed by atoms with Gasteiger partial charge in [-0.05, 0) is 79.1 Å². The van der Waals surface area contributed by atoms with Gasteiger partial charge >= 0.3 is 5.97 Å². The minimum atomic E-state index is -0.593. The highest BCUT2D eigenvalue weighted by Crippen LogP contribution is 2.23. The van der Waals surface area contributed by atoms with E-state index in [1.54, 1.807) is 30.3 Å². The first-order valence-electron chi connectivity index (χ1n) is 9.61. The molecule has 3 aromatic carbocycles. The van der Waals surface area contributed by atoms with Gasteiger partial charge in [0, 0.05) is 5.02 Å². The van der Waals surface area contributed by atoms with E-state index >= 15 is 0 Å². The molecule has 0 saturated carbocycles. The Balaban J connectivity index is 1.50. The summed E-state index contributed by atoms with van der Waals surface area (Å²) in [6.07, 6.45) is 1.47. The number of aryl methyl sites for hydroxylation is 1. The Kier molecular flexibility index (Phi) is 7.87. The lowest BCUT2D eigenvalue weighted by Crippen LogP contribution is -2.24. The summed E-state index contributed by atoms with van der Waals surface area (Å²) in [5.41, 5.74) is 5.40. The molecule has 0 bridgehead atoms. The molecule has 0 unspecified atom stereocenters. The Bertz CT molecular complexity index is 1160. The first kappa shape index (κ1) is 23.3. The third kappa shape index (κ3) is 6.33. The fourth-order valence-electron chi connectivity index (χ4n) is 2.67. The number of hydrogen-bond donors (Lipinski definition) is 1. The standard InChI is InChI=1S/C24H20Cl2N2O4/c1-15-4-3-5-22(16(15)2)31-14-23(29)28-27-13-17-6-9-19(10-7-17)32-24(30)20-11-8-18(25)12-21(20)26/h3-13H,14H2,1-2H3,(H,28,29)/b27-13+. The van der Waals surface area contributed by atoms with E-state index in [2.05, 4.69) is 10.5 Å². The molecule has 1 N–H and O–H groups in total. The van der Waals surface area contributed by atoms with Crippen LogP contribution in [0.3, 0.4) is 0 Å². The highest BCUT2D eigenvalue weighted by atomic mass is 35.5. The highest BCUT2D eigenvalue weighted by molar-refractivity contribution is 6.36. The molecule has 0 aliphatic carbocycles. The Hall–Kier alpha value is -3.35. The van der Waals surface area contributed by atoms with Gasteiger partial charge in [-0.25, -0.2) is 10.2 Å². The van der Waals surface area contributed by atoms with Gasteiger partial charge in [0.15, 0.2) is 6.61 Å². The van der Waals surface area contributed by atoms with Crippen molar-refractivity contribution in [1.82, 2.24) is 5.43 Å². The third-order valence-electron chi connectivity index (χ3n) is 4.56. The Morgan fingerprint density at radius 1 is 1.03 bits per heavy atom. The molecule has 0 fully saturated rings. The SMILES string of the molecule is Cc1cccc(OCC(=O)N/N=C/c2ccc(OC(=O)c3ccc(Cl)cc3Cl)cc2)c1C. The van der Waals surface area contributed by atoms with Crippen molar-refractivity contribution in [3.8, 4) is 11.5 Å². The lowest BCUT2D eigenvalue weighted by Gasteiger charge is -2.09. The molecule has 0 spiro atoms. The van der Waals surface area contributed by atoms with E-state index in [9.17, 15) is 9.59 Å². The van der Waals surface area contributed by atoms with Crippen molar-refractivity contribution in [3.63, 3.8) is 0 Å². The number of ether oxygens (including phenoxy) is 2. The second-order valence-electron chi connectivity index (χ2n) is 6.86. The molecular formula is C24H20Cl2N2O4. The summed E-state index contributed by atoms with van der Waals surface area (Å²) in [7, 11) is 0. The molecule has 0 heterocycles. The number of hydrazone groups is 1. The molecule has 0 radical (unpaired) electrons. The summed E-state index contributed by atoms with van der Waals surface area (Å²) in [5.74, 6) is 0.0232. The quantitative estimate of drug-likeness (QED) is 0.218. The highest BCUT2D eigenvalue weighted by Gasteiger charge is 2.13. The van der Waals surface area contributed by atoms with Crippen molar-refractivity contribution in [2.24, 2.45) is 5.10 Å². The number of carbonyl (C=O) groups is 2. The van der Waals surface area contributed by atoms with Crippen LogP contribution in [-0.2, 0) is 4.79 Å².